The predicted molar refractivity (Wildman–Crippen MR) is 72.0 cm³/mol. The first kappa shape index (κ1) is 12.9. The van der Waals surface area contributed by atoms with Gasteiger partial charge in [-0.2, -0.15) is 0 Å². The molecule has 1 aromatic rings. The molecule has 2 fully saturated rings. The fraction of sp³-hybridized carbons (Fsp3) is 0.750. The number of rotatable bonds is 5. The number of aromatic nitrogens is 2. The summed E-state index contributed by atoms with van der Waals surface area (Å²) in [6.07, 6.45) is 6.54. The topological polar surface area (TPSA) is 73.1 Å². The SMILES string of the molecule is O=c1n(CCNC2CCS(=O)(=O)C2)ccn1C1CC1. The molecule has 1 aliphatic carbocycles. The second-order valence-corrected chi connectivity index (χ2v) is 7.70. The highest BCUT2D eigenvalue weighted by atomic mass is 32.2. The Morgan fingerprint density at radius 3 is 2.68 bits per heavy atom. The summed E-state index contributed by atoms with van der Waals surface area (Å²) >= 11 is 0. The van der Waals surface area contributed by atoms with Gasteiger partial charge in [0.15, 0.2) is 9.84 Å². The Balaban J connectivity index is 1.51. The Labute approximate surface area is 112 Å². The zero-order valence-corrected chi connectivity index (χ0v) is 11.6. The molecule has 0 radical (unpaired) electrons. The summed E-state index contributed by atoms with van der Waals surface area (Å²) in [5.41, 5.74) is 0.0448. The van der Waals surface area contributed by atoms with Crippen molar-refractivity contribution in [1.82, 2.24) is 14.5 Å². The zero-order chi connectivity index (χ0) is 13.5. The molecule has 1 saturated heterocycles. The van der Waals surface area contributed by atoms with E-state index in [2.05, 4.69) is 5.32 Å². The number of imidazole rings is 1. The molecule has 106 valence electrons. The van der Waals surface area contributed by atoms with Gasteiger partial charge in [0.25, 0.3) is 0 Å². The minimum Gasteiger partial charge on any atom is -0.311 e. The van der Waals surface area contributed by atoms with Crippen molar-refractivity contribution >= 4 is 9.84 Å². The van der Waals surface area contributed by atoms with Crippen LogP contribution in [0.2, 0.25) is 0 Å². The maximum atomic E-state index is 12.0. The molecule has 1 saturated carbocycles. The normalized spacial score (nSPS) is 25.8. The van der Waals surface area contributed by atoms with E-state index in [4.69, 9.17) is 0 Å². The fourth-order valence-corrected chi connectivity index (χ4v) is 4.28. The maximum absolute atomic E-state index is 12.0. The van der Waals surface area contributed by atoms with E-state index < -0.39 is 9.84 Å². The van der Waals surface area contributed by atoms with Crippen LogP contribution in [-0.4, -0.2) is 41.6 Å². The third kappa shape index (κ3) is 2.92. The molecular formula is C12H19N3O3S. The summed E-state index contributed by atoms with van der Waals surface area (Å²) in [5, 5.41) is 3.22. The first-order chi connectivity index (χ1) is 9.05. The van der Waals surface area contributed by atoms with E-state index >= 15 is 0 Å². The van der Waals surface area contributed by atoms with E-state index in [1.54, 1.807) is 9.13 Å². The van der Waals surface area contributed by atoms with Gasteiger partial charge in [-0.1, -0.05) is 0 Å². The second-order valence-electron chi connectivity index (χ2n) is 5.47. The van der Waals surface area contributed by atoms with Gasteiger partial charge in [-0.3, -0.25) is 9.13 Å². The Kier molecular flexibility index (Phi) is 3.26. The minimum absolute atomic E-state index is 0.0448. The van der Waals surface area contributed by atoms with Crippen LogP contribution in [0.1, 0.15) is 25.3 Å². The molecule has 7 heteroatoms. The van der Waals surface area contributed by atoms with Crippen molar-refractivity contribution in [2.24, 2.45) is 0 Å². The van der Waals surface area contributed by atoms with E-state index in [-0.39, 0.29) is 23.2 Å². The van der Waals surface area contributed by atoms with E-state index in [1.165, 1.54) is 0 Å². The van der Waals surface area contributed by atoms with Gasteiger partial charge in [-0.25, -0.2) is 13.2 Å². The summed E-state index contributed by atoms with van der Waals surface area (Å²) in [5.74, 6) is 0.508. The molecule has 2 heterocycles. The molecular weight excluding hydrogens is 266 g/mol. The van der Waals surface area contributed by atoms with E-state index in [0.717, 1.165) is 12.8 Å². The van der Waals surface area contributed by atoms with Crippen molar-refractivity contribution in [1.29, 1.82) is 0 Å². The molecule has 1 aromatic heterocycles. The van der Waals surface area contributed by atoms with Crippen molar-refractivity contribution in [3.63, 3.8) is 0 Å². The van der Waals surface area contributed by atoms with Crippen LogP contribution in [0.25, 0.3) is 0 Å². The first-order valence-corrected chi connectivity index (χ1v) is 8.58. The van der Waals surface area contributed by atoms with Crippen LogP contribution in [-0.2, 0) is 16.4 Å². The number of hydrogen-bond acceptors (Lipinski definition) is 4. The number of hydrogen-bond donors (Lipinski definition) is 1. The lowest BCUT2D eigenvalue weighted by atomic mass is 10.3. The molecule has 3 rings (SSSR count). The summed E-state index contributed by atoms with van der Waals surface area (Å²) in [6, 6.07) is 0.452. The van der Waals surface area contributed by atoms with Crippen molar-refractivity contribution < 1.29 is 8.42 Å². The summed E-state index contributed by atoms with van der Waals surface area (Å²) in [6.45, 7) is 1.23. The number of sulfone groups is 1. The zero-order valence-electron chi connectivity index (χ0n) is 10.8. The van der Waals surface area contributed by atoms with Gasteiger partial charge in [-0.05, 0) is 19.3 Å². The lowest BCUT2D eigenvalue weighted by molar-refractivity contribution is 0.509. The van der Waals surface area contributed by atoms with Crippen molar-refractivity contribution in [2.75, 3.05) is 18.1 Å². The molecule has 19 heavy (non-hydrogen) atoms. The molecule has 1 atom stereocenters. The van der Waals surface area contributed by atoms with Crippen LogP contribution < -0.4 is 11.0 Å². The highest BCUT2D eigenvalue weighted by molar-refractivity contribution is 7.91. The lowest BCUT2D eigenvalue weighted by Crippen LogP contribution is -2.34. The molecule has 0 amide bonds. The Morgan fingerprint density at radius 2 is 2.05 bits per heavy atom. The molecule has 0 spiro atoms. The van der Waals surface area contributed by atoms with Crippen LogP contribution >= 0.6 is 0 Å². The highest BCUT2D eigenvalue weighted by Gasteiger charge is 2.27. The van der Waals surface area contributed by atoms with Crippen LogP contribution in [0, 0.1) is 0 Å². The van der Waals surface area contributed by atoms with Gasteiger partial charge >= 0.3 is 5.69 Å². The van der Waals surface area contributed by atoms with Crippen molar-refractivity contribution in [3.05, 3.63) is 22.9 Å². The van der Waals surface area contributed by atoms with E-state index in [9.17, 15) is 13.2 Å². The summed E-state index contributed by atoms with van der Waals surface area (Å²) in [7, 11) is -2.83. The average Bonchev–Trinajstić information content (AvgIpc) is 3.04. The highest BCUT2D eigenvalue weighted by Crippen LogP contribution is 2.33. The standard InChI is InChI=1S/C12H19N3O3S/c16-12-14(6-7-15(12)11-1-2-11)5-4-13-10-3-8-19(17,18)9-10/h6-7,10-11,13H,1-5,8-9H2. The smallest absolute Gasteiger partial charge is 0.311 e. The van der Waals surface area contributed by atoms with Gasteiger partial charge in [0.1, 0.15) is 0 Å². The van der Waals surface area contributed by atoms with Gasteiger partial charge in [0.2, 0.25) is 0 Å². The fourth-order valence-electron chi connectivity index (χ4n) is 2.57. The third-order valence-electron chi connectivity index (χ3n) is 3.83. The van der Waals surface area contributed by atoms with Gasteiger partial charge in [0.05, 0.1) is 11.5 Å². The second kappa shape index (κ2) is 4.79. The van der Waals surface area contributed by atoms with E-state index in [1.807, 2.05) is 12.4 Å². The Bertz CT molecular complexity index is 612. The Morgan fingerprint density at radius 1 is 1.26 bits per heavy atom. The minimum atomic E-state index is -2.83. The average molecular weight is 285 g/mol. The molecule has 0 bridgehead atoms. The van der Waals surface area contributed by atoms with Crippen molar-refractivity contribution in [3.8, 4) is 0 Å². The number of nitrogens with zero attached hydrogens (tertiary/aromatic N) is 2. The molecule has 1 aliphatic heterocycles. The molecule has 0 aromatic carbocycles. The van der Waals surface area contributed by atoms with Crippen LogP contribution in [0.5, 0.6) is 0 Å². The molecule has 2 aliphatic rings. The van der Waals surface area contributed by atoms with Crippen LogP contribution in [0.3, 0.4) is 0 Å². The third-order valence-corrected chi connectivity index (χ3v) is 5.60. The lowest BCUT2D eigenvalue weighted by Gasteiger charge is -2.10. The van der Waals surface area contributed by atoms with Gasteiger partial charge in [0, 0.05) is 37.6 Å². The molecule has 6 nitrogen and oxygen atoms in total. The van der Waals surface area contributed by atoms with Crippen LogP contribution in [0.4, 0.5) is 0 Å². The maximum Gasteiger partial charge on any atom is 0.328 e. The summed E-state index contributed by atoms with van der Waals surface area (Å²) in [4.78, 5) is 12.0. The molecule has 1 N–H and O–H groups in total. The van der Waals surface area contributed by atoms with Crippen LogP contribution in [0.15, 0.2) is 17.2 Å². The van der Waals surface area contributed by atoms with Gasteiger partial charge in [-0.15, -0.1) is 0 Å². The van der Waals surface area contributed by atoms with E-state index in [0.29, 0.717) is 25.6 Å². The summed E-state index contributed by atoms with van der Waals surface area (Å²) < 4.78 is 26.1. The quantitative estimate of drug-likeness (QED) is 0.810. The first-order valence-electron chi connectivity index (χ1n) is 6.76. The van der Waals surface area contributed by atoms with Crippen molar-refractivity contribution in [2.45, 2.75) is 37.9 Å². The van der Waals surface area contributed by atoms with Gasteiger partial charge < -0.3 is 5.32 Å². The molecule has 1 unspecified atom stereocenters. The largest absolute Gasteiger partial charge is 0.328 e. The predicted octanol–water partition coefficient (Wildman–Crippen LogP) is -0.239. The Hall–Kier alpha value is -1.08. The monoisotopic (exact) mass is 285 g/mol. The number of nitrogens with one attached hydrogen (secondary N) is 1.